The predicted molar refractivity (Wildman–Crippen MR) is 93.5 cm³/mol. The van der Waals surface area contributed by atoms with Crippen LogP contribution in [0.15, 0.2) is 36.4 Å². The molecule has 0 unspecified atom stereocenters. The van der Waals surface area contributed by atoms with Crippen LogP contribution in [0, 0.1) is 5.82 Å². The Balaban J connectivity index is 1.77. The molecule has 1 saturated heterocycles. The Labute approximate surface area is 144 Å². The number of halogens is 2. The minimum absolute atomic E-state index is 0.0445. The van der Waals surface area contributed by atoms with Gasteiger partial charge in [-0.15, -0.1) is 0 Å². The van der Waals surface area contributed by atoms with Gasteiger partial charge in [-0.2, -0.15) is 0 Å². The topological polar surface area (TPSA) is 52.6 Å². The lowest BCUT2D eigenvalue weighted by Gasteiger charge is -2.29. The molecule has 3 rings (SSSR count). The Morgan fingerprint density at radius 1 is 1.12 bits per heavy atom. The van der Waals surface area contributed by atoms with Crippen LogP contribution in [0.4, 0.5) is 15.8 Å². The Morgan fingerprint density at radius 2 is 1.88 bits per heavy atom. The Hall–Kier alpha value is -2.27. The van der Waals surface area contributed by atoms with Crippen molar-refractivity contribution in [2.75, 3.05) is 23.3 Å². The van der Waals surface area contributed by atoms with E-state index in [1.165, 1.54) is 30.7 Å². The summed E-state index contributed by atoms with van der Waals surface area (Å²) in [6.07, 6.45) is 3.30. The van der Waals surface area contributed by atoms with E-state index in [-0.39, 0.29) is 17.1 Å². The van der Waals surface area contributed by atoms with Crippen LogP contribution in [-0.2, 0) is 0 Å². The molecule has 0 atom stereocenters. The number of carbonyl (C=O) groups is 1. The van der Waals surface area contributed by atoms with Gasteiger partial charge in [0.2, 0.25) is 0 Å². The van der Waals surface area contributed by atoms with Crippen LogP contribution in [0.3, 0.4) is 0 Å². The van der Waals surface area contributed by atoms with E-state index in [1.807, 2.05) is 4.90 Å². The molecular weight excluding hydrogens is 331 g/mol. The zero-order valence-electron chi connectivity index (χ0n) is 13.1. The predicted octanol–water partition coefficient (Wildman–Crippen LogP) is 4.43. The first-order chi connectivity index (χ1) is 11.5. The van der Waals surface area contributed by atoms with Crippen molar-refractivity contribution in [1.29, 1.82) is 0 Å². The summed E-state index contributed by atoms with van der Waals surface area (Å²) in [5.74, 6) is -1.09. The summed E-state index contributed by atoms with van der Waals surface area (Å²) >= 11 is 5.84. The van der Waals surface area contributed by atoms with Crippen LogP contribution < -0.4 is 10.2 Å². The van der Waals surface area contributed by atoms with Gasteiger partial charge in [-0.05, 0) is 55.7 Å². The highest BCUT2D eigenvalue weighted by molar-refractivity contribution is 6.31. The summed E-state index contributed by atoms with van der Waals surface area (Å²) in [6, 6.07) is 8.83. The summed E-state index contributed by atoms with van der Waals surface area (Å²) in [7, 11) is 0. The molecule has 2 aromatic rings. The van der Waals surface area contributed by atoms with Gasteiger partial charge in [-0.25, -0.2) is 4.39 Å². The number of phenols is 1. The molecule has 0 radical (unpaired) electrons. The van der Waals surface area contributed by atoms with Crippen molar-refractivity contribution in [2.45, 2.75) is 19.3 Å². The fourth-order valence-electron chi connectivity index (χ4n) is 2.86. The molecule has 2 aromatic carbocycles. The van der Waals surface area contributed by atoms with Crippen molar-refractivity contribution in [3.63, 3.8) is 0 Å². The van der Waals surface area contributed by atoms with E-state index >= 15 is 0 Å². The quantitative estimate of drug-likeness (QED) is 0.862. The number of carbonyl (C=O) groups excluding carboxylic acids is 1. The number of aromatic hydroxyl groups is 1. The van der Waals surface area contributed by atoms with E-state index in [0.717, 1.165) is 25.9 Å². The Kier molecular flexibility index (Phi) is 4.90. The molecule has 2 N–H and O–H groups in total. The molecule has 1 heterocycles. The molecule has 1 aliphatic heterocycles. The van der Waals surface area contributed by atoms with Gasteiger partial charge in [0.25, 0.3) is 5.91 Å². The van der Waals surface area contributed by atoms with Gasteiger partial charge in [0.05, 0.1) is 11.3 Å². The van der Waals surface area contributed by atoms with Gasteiger partial charge < -0.3 is 15.3 Å². The third kappa shape index (κ3) is 3.62. The first-order valence-corrected chi connectivity index (χ1v) is 8.27. The average molecular weight is 349 g/mol. The lowest BCUT2D eigenvalue weighted by atomic mass is 10.1. The van der Waals surface area contributed by atoms with Gasteiger partial charge in [-0.1, -0.05) is 11.6 Å². The normalized spacial score (nSPS) is 14.5. The molecule has 0 spiro atoms. The zero-order valence-corrected chi connectivity index (χ0v) is 13.8. The molecule has 126 valence electrons. The van der Waals surface area contributed by atoms with Crippen LogP contribution in [0.25, 0.3) is 0 Å². The number of benzene rings is 2. The molecule has 0 aliphatic carbocycles. The van der Waals surface area contributed by atoms with Gasteiger partial charge in [-0.3, -0.25) is 4.79 Å². The standard InChI is InChI=1S/C18H18ClFN2O2/c19-12-4-7-17(23)14(10-12)18(24)21-13-5-6-16(15(20)11-13)22-8-2-1-3-9-22/h4-7,10-11,23H,1-3,8-9H2,(H,21,24). The SMILES string of the molecule is O=C(Nc1ccc(N2CCCCC2)c(F)c1)c1cc(Cl)ccc1O. The summed E-state index contributed by atoms with van der Waals surface area (Å²) in [6.45, 7) is 1.69. The van der Waals surface area contributed by atoms with Crippen molar-refractivity contribution < 1.29 is 14.3 Å². The first-order valence-electron chi connectivity index (χ1n) is 7.89. The minimum atomic E-state index is -0.542. The molecule has 1 amide bonds. The Morgan fingerprint density at radius 3 is 2.58 bits per heavy atom. The van der Waals surface area contributed by atoms with Gasteiger partial charge >= 0.3 is 0 Å². The van der Waals surface area contributed by atoms with Crippen LogP contribution in [0.5, 0.6) is 5.75 Å². The van der Waals surface area contributed by atoms with Crippen molar-refractivity contribution >= 4 is 28.9 Å². The van der Waals surface area contributed by atoms with Gasteiger partial charge in [0, 0.05) is 23.8 Å². The number of nitrogens with one attached hydrogen (secondary N) is 1. The number of hydrogen-bond acceptors (Lipinski definition) is 3. The van der Waals surface area contributed by atoms with Crippen molar-refractivity contribution in [2.24, 2.45) is 0 Å². The number of piperidine rings is 1. The monoisotopic (exact) mass is 348 g/mol. The summed E-state index contributed by atoms with van der Waals surface area (Å²) in [5.41, 5.74) is 0.930. The van der Waals surface area contributed by atoms with Crippen molar-refractivity contribution in [3.05, 3.63) is 52.8 Å². The molecule has 6 heteroatoms. The highest BCUT2D eigenvalue weighted by atomic mass is 35.5. The van der Waals surface area contributed by atoms with E-state index in [1.54, 1.807) is 12.1 Å². The molecule has 0 saturated carbocycles. The zero-order chi connectivity index (χ0) is 17.1. The highest BCUT2D eigenvalue weighted by Crippen LogP contribution is 2.27. The van der Waals surface area contributed by atoms with Crippen LogP contribution >= 0.6 is 11.6 Å². The second kappa shape index (κ2) is 7.09. The maximum Gasteiger partial charge on any atom is 0.259 e. The van der Waals surface area contributed by atoms with E-state index in [4.69, 9.17) is 11.6 Å². The van der Waals surface area contributed by atoms with Crippen LogP contribution in [0.1, 0.15) is 29.6 Å². The fraction of sp³-hybridized carbons (Fsp3) is 0.278. The molecule has 0 aromatic heterocycles. The smallest absolute Gasteiger partial charge is 0.259 e. The average Bonchev–Trinajstić information content (AvgIpc) is 2.58. The lowest BCUT2D eigenvalue weighted by Crippen LogP contribution is -2.30. The summed E-state index contributed by atoms with van der Waals surface area (Å²) in [5, 5.41) is 12.7. The van der Waals surface area contributed by atoms with Crippen molar-refractivity contribution in [3.8, 4) is 5.75 Å². The third-order valence-corrected chi connectivity index (χ3v) is 4.34. The van der Waals surface area contributed by atoms with E-state index in [2.05, 4.69) is 5.32 Å². The molecule has 1 aliphatic rings. The molecular formula is C18H18ClFN2O2. The van der Waals surface area contributed by atoms with E-state index in [9.17, 15) is 14.3 Å². The van der Waals surface area contributed by atoms with E-state index in [0.29, 0.717) is 16.4 Å². The van der Waals surface area contributed by atoms with Crippen LogP contribution in [-0.4, -0.2) is 24.1 Å². The van der Waals surface area contributed by atoms with Crippen molar-refractivity contribution in [1.82, 2.24) is 0 Å². The number of nitrogens with zero attached hydrogens (tertiary/aromatic N) is 1. The third-order valence-electron chi connectivity index (χ3n) is 4.11. The second-order valence-corrected chi connectivity index (χ2v) is 6.27. The summed E-state index contributed by atoms with van der Waals surface area (Å²) in [4.78, 5) is 14.2. The lowest BCUT2D eigenvalue weighted by molar-refractivity contribution is 0.102. The molecule has 1 fully saturated rings. The Bertz CT molecular complexity index is 761. The number of rotatable bonds is 3. The maximum absolute atomic E-state index is 14.4. The minimum Gasteiger partial charge on any atom is -0.507 e. The molecule has 4 nitrogen and oxygen atoms in total. The molecule has 0 bridgehead atoms. The number of hydrogen-bond donors (Lipinski definition) is 2. The first kappa shape index (κ1) is 16.6. The fourth-order valence-corrected chi connectivity index (χ4v) is 3.04. The number of amides is 1. The second-order valence-electron chi connectivity index (χ2n) is 5.83. The number of anilines is 2. The highest BCUT2D eigenvalue weighted by Gasteiger charge is 2.17. The van der Waals surface area contributed by atoms with Gasteiger partial charge in [0.1, 0.15) is 11.6 Å². The maximum atomic E-state index is 14.4. The van der Waals surface area contributed by atoms with E-state index < -0.39 is 5.91 Å². The molecule has 24 heavy (non-hydrogen) atoms. The number of phenolic OH excluding ortho intramolecular Hbond substituents is 1. The largest absolute Gasteiger partial charge is 0.507 e. The summed E-state index contributed by atoms with van der Waals surface area (Å²) < 4.78 is 14.4. The van der Waals surface area contributed by atoms with Gasteiger partial charge in [0.15, 0.2) is 0 Å². The van der Waals surface area contributed by atoms with Crippen LogP contribution in [0.2, 0.25) is 5.02 Å².